The Morgan fingerprint density at radius 2 is 1.95 bits per heavy atom. The lowest BCUT2D eigenvalue weighted by Gasteiger charge is -2.44. The first kappa shape index (κ1) is 13.6. The van der Waals surface area contributed by atoms with E-state index in [0.717, 1.165) is 5.69 Å². The Morgan fingerprint density at radius 3 is 2.47 bits per heavy atom. The molecule has 19 heavy (non-hydrogen) atoms. The van der Waals surface area contributed by atoms with E-state index in [-0.39, 0.29) is 11.8 Å². The number of aromatic nitrogens is 2. The molecule has 1 aliphatic heterocycles. The normalized spacial score (nSPS) is 18.9. The molecular formula is C13H20N4O2. The Kier molecular flexibility index (Phi) is 3.12. The molecule has 2 amide bonds. The third kappa shape index (κ3) is 2.01. The number of hydrogen-bond donors (Lipinski definition) is 1. The van der Waals surface area contributed by atoms with Crippen LogP contribution in [0.15, 0.2) is 0 Å². The minimum atomic E-state index is -0.819. The fraction of sp³-hybridized carbons (Fsp3) is 0.615. The highest BCUT2D eigenvalue weighted by Gasteiger charge is 2.43. The van der Waals surface area contributed by atoms with Crippen LogP contribution in [0.5, 0.6) is 0 Å². The number of aromatic amines is 1. The van der Waals surface area contributed by atoms with Crippen molar-refractivity contribution in [2.75, 3.05) is 20.1 Å². The molecule has 2 rings (SSSR count). The lowest BCUT2D eigenvalue weighted by Crippen LogP contribution is -2.63. The third-order valence-electron chi connectivity index (χ3n) is 3.79. The average molecular weight is 264 g/mol. The number of hydrogen-bond acceptors (Lipinski definition) is 3. The first-order valence-corrected chi connectivity index (χ1v) is 6.36. The van der Waals surface area contributed by atoms with Crippen LogP contribution in [0.3, 0.4) is 0 Å². The lowest BCUT2D eigenvalue weighted by molar-refractivity contribution is -0.144. The van der Waals surface area contributed by atoms with Gasteiger partial charge in [-0.25, -0.2) is 0 Å². The highest BCUT2D eigenvalue weighted by Crippen LogP contribution is 2.25. The van der Waals surface area contributed by atoms with Gasteiger partial charge in [0.25, 0.3) is 5.91 Å². The second-order valence-corrected chi connectivity index (χ2v) is 5.55. The van der Waals surface area contributed by atoms with E-state index >= 15 is 0 Å². The average Bonchev–Trinajstić information content (AvgIpc) is 2.65. The van der Waals surface area contributed by atoms with Gasteiger partial charge >= 0.3 is 0 Å². The molecular weight excluding hydrogens is 244 g/mol. The Hall–Kier alpha value is -1.85. The van der Waals surface area contributed by atoms with Gasteiger partial charge in [0.05, 0.1) is 11.3 Å². The molecule has 1 saturated heterocycles. The zero-order valence-corrected chi connectivity index (χ0v) is 12.1. The quantitative estimate of drug-likeness (QED) is 0.812. The Morgan fingerprint density at radius 1 is 1.32 bits per heavy atom. The van der Waals surface area contributed by atoms with E-state index in [1.807, 2.05) is 6.92 Å². The van der Waals surface area contributed by atoms with Gasteiger partial charge in [0.1, 0.15) is 5.54 Å². The number of carbonyl (C=O) groups excluding carboxylic acids is 2. The van der Waals surface area contributed by atoms with Crippen molar-refractivity contribution in [1.82, 2.24) is 20.0 Å². The molecule has 6 heteroatoms. The van der Waals surface area contributed by atoms with Crippen molar-refractivity contribution in [3.05, 3.63) is 17.0 Å². The molecule has 104 valence electrons. The molecule has 0 radical (unpaired) electrons. The van der Waals surface area contributed by atoms with Crippen LogP contribution in [0, 0.1) is 13.8 Å². The second kappa shape index (κ2) is 4.36. The van der Waals surface area contributed by atoms with Gasteiger partial charge < -0.3 is 9.80 Å². The van der Waals surface area contributed by atoms with Gasteiger partial charge in [0.15, 0.2) is 0 Å². The van der Waals surface area contributed by atoms with Gasteiger partial charge in [-0.05, 0) is 27.7 Å². The molecule has 1 N–H and O–H groups in total. The minimum Gasteiger partial charge on any atom is -0.342 e. The van der Waals surface area contributed by atoms with Gasteiger partial charge in [0.2, 0.25) is 5.91 Å². The number of amides is 2. The van der Waals surface area contributed by atoms with Crippen molar-refractivity contribution in [3.63, 3.8) is 0 Å². The van der Waals surface area contributed by atoms with Crippen molar-refractivity contribution in [2.45, 2.75) is 33.2 Å². The van der Waals surface area contributed by atoms with Gasteiger partial charge in [-0.3, -0.25) is 14.7 Å². The first-order valence-electron chi connectivity index (χ1n) is 6.36. The smallest absolute Gasteiger partial charge is 0.258 e. The summed E-state index contributed by atoms with van der Waals surface area (Å²) in [5.41, 5.74) is 1.17. The summed E-state index contributed by atoms with van der Waals surface area (Å²) in [6.07, 6.45) is 0. The number of piperazine rings is 1. The van der Waals surface area contributed by atoms with E-state index in [1.54, 1.807) is 37.6 Å². The maximum atomic E-state index is 12.7. The van der Waals surface area contributed by atoms with E-state index in [4.69, 9.17) is 0 Å². The summed E-state index contributed by atoms with van der Waals surface area (Å²) in [6.45, 7) is 8.28. The van der Waals surface area contributed by atoms with E-state index in [1.165, 1.54) is 0 Å². The van der Waals surface area contributed by atoms with Crippen LogP contribution in [-0.2, 0) is 4.79 Å². The predicted octanol–water partition coefficient (Wildman–Crippen LogP) is 0.719. The zero-order chi connectivity index (χ0) is 14.4. The van der Waals surface area contributed by atoms with Crippen LogP contribution in [-0.4, -0.2) is 57.5 Å². The fourth-order valence-electron chi connectivity index (χ4n) is 2.57. The Bertz CT molecular complexity index is 513. The van der Waals surface area contributed by atoms with Gasteiger partial charge in [0, 0.05) is 25.8 Å². The summed E-state index contributed by atoms with van der Waals surface area (Å²) in [4.78, 5) is 28.2. The summed E-state index contributed by atoms with van der Waals surface area (Å²) >= 11 is 0. The molecule has 6 nitrogen and oxygen atoms in total. The molecule has 0 spiro atoms. The fourth-order valence-corrected chi connectivity index (χ4v) is 2.57. The van der Waals surface area contributed by atoms with Crippen LogP contribution >= 0.6 is 0 Å². The molecule has 1 aromatic heterocycles. The Balaban J connectivity index is 2.37. The summed E-state index contributed by atoms with van der Waals surface area (Å²) in [7, 11) is 1.76. The number of nitrogens with one attached hydrogen (secondary N) is 1. The van der Waals surface area contributed by atoms with Crippen LogP contribution in [0.2, 0.25) is 0 Å². The highest BCUT2D eigenvalue weighted by molar-refractivity contribution is 6.01. The van der Waals surface area contributed by atoms with Gasteiger partial charge in [-0.15, -0.1) is 0 Å². The van der Waals surface area contributed by atoms with Gasteiger partial charge in [-0.2, -0.15) is 5.10 Å². The van der Waals surface area contributed by atoms with Crippen molar-refractivity contribution in [1.29, 1.82) is 0 Å². The monoisotopic (exact) mass is 264 g/mol. The molecule has 1 aliphatic rings. The highest BCUT2D eigenvalue weighted by atomic mass is 16.2. The van der Waals surface area contributed by atoms with E-state index in [9.17, 15) is 9.59 Å². The van der Waals surface area contributed by atoms with Crippen LogP contribution in [0.4, 0.5) is 0 Å². The second-order valence-electron chi connectivity index (χ2n) is 5.55. The number of rotatable bonds is 1. The first-order chi connectivity index (χ1) is 8.76. The van der Waals surface area contributed by atoms with E-state index < -0.39 is 5.54 Å². The SMILES string of the molecule is Cc1n[nH]c(C)c1C(=O)N1CCN(C)C(=O)C1(C)C. The zero-order valence-electron chi connectivity index (χ0n) is 12.1. The molecule has 0 saturated carbocycles. The standard InChI is InChI=1S/C13H20N4O2/c1-8-10(9(2)15-14-8)11(18)17-7-6-16(5)12(19)13(17,3)4/h6-7H2,1-5H3,(H,14,15). The van der Waals surface area contributed by atoms with E-state index in [0.29, 0.717) is 24.3 Å². The van der Waals surface area contributed by atoms with Crippen molar-refractivity contribution >= 4 is 11.8 Å². The minimum absolute atomic E-state index is 0.0362. The largest absolute Gasteiger partial charge is 0.342 e. The summed E-state index contributed by atoms with van der Waals surface area (Å²) in [5, 5.41) is 6.86. The van der Waals surface area contributed by atoms with Gasteiger partial charge in [-0.1, -0.05) is 0 Å². The van der Waals surface area contributed by atoms with E-state index in [2.05, 4.69) is 10.2 Å². The molecule has 1 fully saturated rings. The maximum Gasteiger partial charge on any atom is 0.258 e. The van der Waals surface area contributed by atoms with Crippen LogP contribution < -0.4 is 0 Å². The van der Waals surface area contributed by atoms with Crippen LogP contribution in [0.25, 0.3) is 0 Å². The summed E-state index contributed by atoms with van der Waals surface area (Å²) in [5.74, 6) is -0.166. The maximum absolute atomic E-state index is 12.7. The number of carbonyl (C=O) groups is 2. The summed E-state index contributed by atoms with van der Waals surface area (Å²) < 4.78 is 0. The molecule has 0 atom stereocenters. The molecule has 2 heterocycles. The molecule has 0 unspecified atom stereocenters. The third-order valence-corrected chi connectivity index (χ3v) is 3.79. The van der Waals surface area contributed by atoms with Crippen molar-refractivity contribution in [2.24, 2.45) is 0 Å². The molecule has 0 aromatic carbocycles. The lowest BCUT2D eigenvalue weighted by atomic mass is 9.96. The summed E-state index contributed by atoms with van der Waals surface area (Å²) in [6, 6.07) is 0. The van der Waals surface area contributed by atoms with Crippen LogP contribution in [0.1, 0.15) is 35.6 Å². The number of H-pyrrole nitrogens is 1. The number of likely N-dealkylation sites (N-methyl/N-ethyl adjacent to an activating group) is 1. The topological polar surface area (TPSA) is 69.3 Å². The van der Waals surface area contributed by atoms with Crippen molar-refractivity contribution in [3.8, 4) is 0 Å². The Labute approximate surface area is 112 Å². The number of aryl methyl sites for hydroxylation is 2. The molecule has 0 bridgehead atoms. The number of nitrogens with zero attached hydrogens (tertiary/aromatic N) is 3. The molecule has 0 aliphatic carbocycles. The van der Waals surface area contributed by atoms with Crippen molar-refractivity contribution < 1.29 is 9.59 Å². The molecule has 1 aromatic rings. The predicted molar refractivity (Wildman–Crippen MR) is 70.8 cm³/mol.